The number of carbonyl (C=O) groups is 1. The van der Waals surface area contributed by atoms with Crippen LogP contribution in [0.4, 0.5) is 10.2 Å². The van der Waals surface area contributed by atoms with E-state index in [1.807, 2.05) is 24.9 Å². The topological polar surface area (TPSA) is 49.3 Å². The summed E-state index contributed by atoms with van der Waals surface area (Å²) in [5.41, 5.74) is 1.96. The second-order valence-corrected chi connectivity index (χ2v) is 7.58. The molecule has 2 heterocycles. The van der Waals surface area contributed by atoms with E-state index in [2.05, 4.69) is 28.7 Å². The van der Waals surface area contributed by atoms with E-state index in [1.54, 1.807) is 12.1 Å². The predicted molar refractivity (Wildman–Crippen MR) is 104 cm³/mol. The van der Waals surface area contributed by atoms with Crippen molar-refractivity contribution in [3.05, 3.63) is 53.2 Å². The summed E-state index contributed by atoms with van der Waals surface area (Å²) < 4.78 is 13.2. The van der Waals surface area contributed by atoms with E-state index >= 15 is 0 Å². The van der Waals surface area contributed by atoms with Crippen LogP contribution in [-0.2, 0) is 11.3 Å². The highest BCUT2D eigenvalue weighted by atomic mass is 19.1. The van der Waals surface area contributed by atoms with Gasteiger partial charge in [0.15, 0.2) is 0 Å². The highest BCUT2D eigenvalue weighted by molar-refractivity contribution is 5.78. The van der Waals surface area contributed by atoms with E-state index < -0.39 is 0 Å². The van der Waals surface area contributed by atoms with Gasteiger partial charge in [0.2, 0.25) is 5.91 Å². The number of aryl methyl sites for hydroxylation is 2. The summed E-state index contributed by atoms with van der Waals surface area (Å²) in [4.78, 5) is 26.0. The van der Waals surface area contributed by atoms with Crippen molar-refractivity contribution < 1.29 is 9.18 Å². The Kier molecular flexibility index (Phi) is 5.73. The molecule has 1 saturated heterocycles. The van der Waals surface area contributed by atoms with Gasteiger partial charge in [-0.3, -0.25) is 4.79 Å². The molecule has 2 aromatic rings. The Bertz CT molecular complexity index is 806. The molecule has 1 atom stereocenters. The van der Waals surface area contributed by atoms with Gasteiger partial charge in [0.05, 0.1) is 6.04 Å². The minimum Gasteiger partial charge on any atom is -0.354 e. The smallest absolute Gasteiger partial charge is 0.224 e. The summed E-state index contributed by atoms with van der Waals surface area (Å²) in [6.45, 7) is 10.0. The highest BCUT2D eigenvalue weighted by Crippen LogP contribution is 2.25. The Labute approximate surface area is 160 Å². The number of hydrogen-bond donors (Lipinski definition) is 0. The molecule has 1 fully saturated rings. The second kappa shape index (κ2) is 8.03. The van der Waals surface area contributed by atoms with Crippen LogP contribution < -0.4 is 4.90 Å². The first kappa shape index (κ1) is 19.3. The van der Waals surface area contributed by atoms with Gasteiger partial charge < -0.3 is 9.80 Å². The first-order chi connectivity index (χ1) is 12.8. The molecule has 5 nitrogen and oxygen atoms in total. The fraction of sp³-hybridized carbons (Fsp3) is 0.476. The number of nitrogens with zero attached hydrogens (tertiary/aromatic N) is 4. The van der Waals surface area contributed by atoms with Crippen molar-refractivity contribution in [1.29, 1.82) is 0 Å². The van der Waals surface area contributed by atoms with Gasteiger partial charge in [-0.05, 0) is 37.5 Å². The summed E-state index contributed by atoms with van der Waals surface area (Å²) in [5, 5.41) is 0. The van der Waals surface area contributed by atoms with Gasteiger partial charge in [0.1, 0.15) is 17.5 Å². The third-order valence-corrected chi connectivity index (χ3v) is 5.12. The molecule has 0 unspecified atom stereocenters. The van der Waals surface area contributed by atoms with Crippen LogP contribution in [-0.4, -0.2) is 39.9 Å². The van der Waals surface area contributed by atoms with Crippen LogP contribution >= 0.6 is 0 Å². The van der Waals surface area contributed by atoms with Gasteiger partial charge in [0.25, 0.3) is 0 Å². The lowest BCUT2D eigenvalue weighted by atomic mass is 10.0. The zero-order valence-corrected chi connectivity index (χ0v) is 16.4. The Morgan fingerprint density at radius 3 is 2.59 bits per heavy atom. The molecule has 6 heteroatoms. The van der Waals surface area contributed by atoms with E-state index in [-0.39, 0.29) is 17.8 Å². The molecular weight excluding hydrogens is 343 g/mol. The third kappa shape index (κ3) is 4.43. The number of aromatic nitrogens is 2. The van der Waals surface area contributed by atoms with Crippen LogP contribution in [0.5, 0.6) is 0 Å². The number of anilines is 1. The normalized spacial score (nSPS) is 18.1. The van der Waals surface area contributed by atoms with Crippen LogP contribution in [0.1, 0.15) is 37.2 Å². The Hall–Kier alpha value is -2.50. The van der Waals surface area contributed by atoms with Crippen molar-refractivity contribution in [1.82, 2.24) is 14.9 Å². The molecule has 0 N–H and O–H groups in total. The second-order valence-electron chi connectivity index (χ2n) is 7.58. The minimum atomic E-state index is -0.262. The van der Waals surface area contributed by atoms with Gasteiger partial charge >= 0.3 is 0 Å². The summed E-state index contributed by atoms with van der Waals surface area (Å²) in [6.07, 6.45) is 2.28. The van der Waals surface area contributed by atoms with Crippen molar-refractivity contribution in [2.45, 2.75) is 46.7 Å². The molecule has 3 rings (SSSR count). The van der Waals surface area contributed by atoms with E-state index in [1.165, 1.54) is 12.1 Å². The molecule has 144 valence electrons. The van der Waals surface area contributed by atoms with Crippen LogP contribution in [0.3, 0.4) is 0 Å². The summed E-state index contributed by atoms with van der Waals surface area (Å²) >= 11 is 0. The molecule has 1 aromatic heterocycles. The number of benzene rings is 1. The zero-order chi connectivity index (χ0) is 19.6. The van der Waals surface area contributed by atoms with Crippen molar-refractivity contribution in [2.75, 3.05) is 18.0 Å². The maximum absolute atomic E-state index is 13.2. The summed E-state index contributed by atoms with van der Waals surface area (Å²) in [6, 6.07) is 6.45. The molecule has 1 aliphatic rings. The molecule has 0 bridgehead atoms. The number of amides is 1. The van der Waals surface area contributed by atoms with Gasteiger partial charge in [-0.25, -0.2) is 14.4 Å². The lowest BCUT2D eigenvalue weighted by molar-refractivity contribution is -0.134. The van der Waals surface area contributed by atoms with Crippen LogP contribution in [0.15, 0.2) is 30.5 Å². The maximum Gasteiger partial charge on any atom is 0.224 e. The average molecular weight is 370 g/mol. The standard InChI is InChI=1S/C21H27FN4O/c1-14(2)19-13-25(21-15(3)11-23-16(4)24-21)10-9-20(27)26(19)12-17-5-7-18(22)8-6-17/h5-8,11,14,19H,9-10,12-13H2,1-4H3/t19-/m0/s1. The number of halogens is 1. The molecule has 0 aliphatic carbocycles. The molecule has 0 spiro atoms. The fourth-order valence-corrected chi connectivity index (χ4v) is 3.57. The van der Waals surface area contributed by atoms with E-state index in [0.717, 1.165) is 29.3 Å². The van der Waals surface area contributed by atoms with E-state index in [9.17, 15) is 9.18 Å². The average Bonchev–Trinajstić information content (AvgIpc) is 2.79. The quantitative estimate of drug-likeness (QED) is 0.827. The van der Waals surface area contributed by atoms with E-state index in [4.69, 9.17) is 0 Å². The summed E-state index contributed by atoms with van der Waals surface area (Å²) in [7, 11) is 0. The van der Waals surface area contributed by atoms with Crippen molar-refractivity contribution >= 4 is 11.7 Å². The van der Waals surface area contributed by atoms with Crippen molar-refractivity contribution in [3.63, 3.8) is 0 Å². The zero-order valence-electron chi connectivity index (χ0n) is 16.4. The number of rotatable bonds is 4. The first-order valence-electron chi connectivity index (χ1n) is 9.44. The molecule has 1 amide bonds. The lowest BCUT2D eigenvalue weighted by Crippen LogP contribution is -2.46. The maximum atomic E-state index is 13.2. The third-order valence-electron chi connectivity index (χ3n) is 5.12. The van der Waals surface area contributed by atoms with Crippen LogP contribution in [0.2, 0.25) is 0 Å². The van der Waals surface area contributed by atoms with Crippen molar-refractivity contribution in [3.8, 4) is 0 Å². The van der Waals surface area contributed by atoms with Crippen LogP contribution in [0.25, 0.3) is 0 Å². The largest absolute Gasteiger partial charge is 0.354 e. The number of hydrogen-bond acceptors (Lipinski definition) is 4. The minimum absolute atomic E-state index is 0.0553. The van der Waals surface area contributed by atoms with Gasteiger partial charge in [-0.2, -0.15) is 0 Å². The van der Waals surface area contributed by atoms with Gasteiger partial charge in [-0.1, -0.05) is 26.0 Å². The predicted octanol–water partition coefficient (Wildman–Crippen LogP) is 3.50. The van der Waals surface area contributed by atoms with Gasteiger partial charge in [-0.15, -0.1) is 0 Å². The monoisotopic (exact) mass is 370 g/mol. The summed E-state index contributed by atoms with van der Waals surface area (Å²) in [5.74, 6) is 1.80. The Morgan fingerprint density at radius 1 is 1.22 bits per heavy atom. The Balaban J connectivity index is 1.88. The lowest BCUT2D eigenvalue weighted by Gasteiger charge is -2.35. The molecule has 1 aliphatic heterocycles. The number of carbonyl (C=O) groups excluding carboxylic acids is 1. The highest BCUT2D eigenvalue weighted by Gasteiger charge is 2.32. The molecule has 0 radical (unpaired) electrons. The first-order valence-corrected chi connectivity index (χ1v) is 9.44. The van der Waals surface area contributed by atoms with Crippen LogP contribution in [0, 0.1) is 25.6 Å². The SMILES string of the molecule is Cc1ncc(C)c(N2CCC(=O)N(Cc3ccc(F)cc3)[C@H](C(C)C)C2)n1. The molecular formula is C21H27FN4O. The fourth-order valence-electron chi connectivity index (χ4n) is 3.57. The Morgan fingerprint density at radius 2 is 1.93 bits per heavy atom. The van der Waals surface area contributed by atoms with E-state index in [0.29, 0.717) is 25.4 Å². The van der Waals surface area contributed by atoms with Crippen molar-refractivity contribution in [2.24, 2.45) is 5.92 Å². The molecule has 27 heavy (non-hydrogen) atoms. The van der Waals surface area contributed by atoms with Gasteiger partial charge in [0, 0.05) is 37.8 Å². The molecule has 1 aromatic carbocycles. The molecule has 0 saturated carbocycles.